The van der Waals surface area contributed by atoms with Crippen molar-refractivity contribution in [2.75, 3.05) is 13.1 Å². The summed E-state index contributed by atoms with van der Waals surface area (Å²) in [6.45, 7) is 12.5. The van der Waals surface area contributed by atoms with Gasteiger partial charge in [0, 0.05) is 44.1 Å². The summed E-state index contributed by atoms with van der Waals surface area (Å²) in [6, 6.07) is 5.43. The van der Waals surface area contributed by atoms with Gasteiger partial charge in [-0.15, -0.1) is 0 Å². The molecule has 2 unspecified atom stereocenters. The van der Waals surface area contributed by atoms with Crippen molar-refractivity contribution in [1.29, 1.82) is 0 Å². The summed E-state index contributed by atoms with van der Waals surface area (Å²) in [4.78, 5) is 6.89. The van der Waals surface area contributed by atoms with Crippen molar-refractivity contribution < 1.29 is 0 Å². The zero-order valence-electron chi connectivity index (χ0n) is 13.4. The van der Waals surface area contributed by atoms with E-state index in [4.69, 9.17) is 0 Å². The van der Waals surface area contributed by atoms with Gasteiger partial charge in [-0.25, -0.2) is 0 Å². The van der Waals surface area contributed by atoms with Crippen LogP contribution >= 0.6 is 0 Å². The van der Waals surface area contributed by atoms with Gasteiger partial charge in [0.15, 0.2) is 0 Å². The summed E-state index contributed by atoms with van der Waals surface area (Å²) in [5, 5.41) is 3.75. The highest BCUT2D eigenvalue weighted by atomic mass is 15.2. The average molecular weight is 275 g/mol. The molecule has 2 rings (SSSR count). The molecule has 0 aliphatic carbocycles. The maximum absolute atomic E-state index is 4.25. The molecule has 1 fully saturated rings. The Morgan fingerprint density at radius 2 is 2.20 bits per heavy atom. The fourth-order valence-corrected chi connectivity index (χ4v) is 2.97. The van der Waals surface area contributed by atoms with E-state index in [9.17, 15) is 0 Å². The molecule has 0 spiro atoms. The minimum absolute atomic E-state index is 0.310. The minimum atomic E-state index is 0.310. The maximum atomic E-state index is 4.25. The lowest BCUT2D eigenvalue weighted by molar-refractivity contribution is 0.0747. The summed E-state index contributed by atoms with van der Waals surface area (Å²) in [7, 11) is 0. The number of piperazine rings is 1. The fourth-order valence-electron chi connectivity index (χ4n) is 2.97. The Labute approximate surface area is 123 Å². The fraction of sp³-hybridized carbons (Fsp3) is 0.706. The summed E-state index contributed by atoms with van der Waals surface area (Å²) < 4.78 is 0. The van der Waals surface area contributed by atoms with E-state index in [-0.39, 0.29) is 0 Å². The standard InChI is InChI=1S/C17H29N3/c1-5-7-15-11-19-16(17(2,3)4)13-20(15)12-14-8-6-9-18-10-14/h6,8-10,15-16,19H,5,7,11-13H2,1-4H3. The van der Waals surface area contributed by atoms with Crippen LogP contribution in [-0.4, -0.2) is 35.1 Å². The van der Waals surface area contributed by atoms with E-state index in [2.05, 4.69) is 49.0 Å². The van der Waals surface area contributed by atoms with E-state index in [1.165, 1.54) is 18.4 Å². The van der Waals surface area contributed by atoms with Crippen LogP contribution in [0.2, 0.25) is 0 Å². The van der Waals surface area contributed by atoms with E-state index in [1.54, 1.807) is 0 Å². The topological polar surface area (TPSA) is 28.2 Å². The monoisotopic (exact) mass is 275 g/mol. The van der Waals surface area contributed by atoms with Crippen molar-refractivity contribution in [3.63, 3.8) is 0 Å². The van der Waals surface area contributed by atoms with Crippen molar-refractivity contribution in [1.82, 2.24) is 15.2 Å². The van der Waals surface area contributed by atoms with E-state index in [0.717, 1.165) is 19.6 Å². The molecule has 2 heterocycles. The molecular formula is C17H29N3. The molecule has 1 N–H and O–H groups in total. The first-order chi connectivity index (χ1) is 9.50. The van der Waals surface area contributed by atoms with Crippen LogP contribution in [0.3, 0.4) is 0 Å². The first-order valence-electron chi connectivity index (χ1n) is 7.87. The summed E-state index contributed by atoms with van der Waals surface area (Å²) in [5.41, 5.74) is 1.63. The Morgan fingerprint density at radius 3 is 2.80 bits per heavy atom. The average Bonchev–Trinajstić information content (AvgIpc) is 2.41. The normalized spacial score (nSPS) is 24.8. The van der Waals surface area contributed by atoms with Crippen molar-refractivity contribution in [3.8, 4) is 0 Å². The van der Waals surface area contributed by atoms with Gasteiger partial charge < -0.3 is 5.32 Å². The van der Waals surface area contributed by atoms with Crippen LogP contribution in [0, 0.1) is 5.41 Å². The Kier molecular flexibility index (Phi) is 5.17. The SMILES string of the molecule is CCCC1CNC(C(C)(C)C)CN1Cc1cccnc1. The lowest BCUT2D eigenvalue weighted by Crippen LogP contribution is -2.59. The molecule has 112 valence electrons. The largest absolute Gasteiger partial charge is 0.311 e. The molecule has 0 bridgehead atoms. The highest BCUT2D eigenvalue weighted by Gasteiger charge is 2.33. The van der Waals surface area contributed by atoms with Crippen molar-refractivity contribution in [3.05, 3.63) is 30.1 Å². The Bertz CT molecular complexity index is 396. The molecule has 0 amide bonds. The molecule has 0 aromatic carbocycles. The minimum Gasteiger partial charge on any atom is -0.311 e. The third-order valence-corrected chi connectivity index (χ3v) is 4.31. The second-order valence-corrected chi connectivity index (χ2v) is 7.06. The first kappa shape index (κ1) is 15.5. The van der Waals surface area contributed by atoms with Crippen LogP contribution in [0.5, 0.6) is 0 Å². The van der Waals surface area contributed by atoms with Gasteiger partial charge in [0.05, 0.1) is 0 Å². The molecule has 1 aromatic heterocycles. The van der Waals surface area contributed by atoms with Gasteiger partial charge in [-0.05, 0) is 23.5 Å². The molecule has 0 saturated carbocycles. The lowest BCUT2D eigenvalue weighted by atomic mass is 9.84. The van der Waals surface area contributed by atoms with Crippen LogP contribution in [0.15, 0.2) is 24.5 Å². The lowest BCUT2D eigenvalue weighted by Gasteiger charge is -2.45. The Balaban J connectivity index is 2.07. The third kappa shape index (κ3) is 4.03. The Morgan fingerprint density at radius 1 is 1.40 bits per heavy atom. The highest BCUT2D eigenvalue weighted by molar-refractivity contribution is 5.09. The zero-order chi connectivity index (χ0) is 14.6. The first-order valence-corrected chi connectivity index (χ1v) is 7.87. The van der Waals surface area contributed by atoms with Crippen LogP contribution < -0.4 is 5.32 Å². The molecule has 1 aliphatic rings. The van der Waals surface area contributed by atoms with Gasteiger partial charge >= 0.3 is 0 Å². The van der Waals surface area contributed by atoms with Gasteiger partial charge in [0.1, 0.15) is 0 Å². The number of hydrogen-bond acceptors (Lipinski definition) is 3. The molecule has 3 heteroatoms. The molecule has 2 atom stereocenters. The van der Waals surface area contributed by atoms with E-state index in [1.807, 2.05) is 18.5 Å². The number of pyridine rings is 1. The molecule has 1 aliphatic heterocycles. The number of nitrogens with one attached hydrogen (secondary N) is 1. The zero-order valence-corrected chi connectivity index (χ0v) is 13.4. The molecule has 1 aromatic rings. The van der Waals surface area contributed by atoms with Crippen molar-refractivity contribution >= 4 is 0 Å². The van der Waals surface area contributed by atoms with Crippen LogP contribution in [0.1, 0.15) is 46.1 Å². The predicted molar refractivity (Wildman–Crippen MR) is 84.6 cm³/mol. The second-order valence-electron chi connectivity index (χ2n) is 7.06. The van der Waals surface area contributed by atoms with Gasteiger partial charge in [-0.2, -0.15) is 0 Å². The maximum Gasteiger partial charge on any atom is 0.0312 e. The van der Waals surface area contributed by atoms with Gasteiger partial charge in [0.2, 0.25) is 0 Å². The number of hydrogen-bond donors (Lipinski definition) is 1. The Hall–Kier alpha value is -0.930. The smallest absolute Gasteiger partial charge is 0.0312 e. The second kappa shape index (κ2) is 6.68. The van der Waals surface area contributed by atoms with Crippen LogP contribution in [0.4, 0.5) is 0 Å². The molecular weight excluding hydrogens is 246 g/mol. The number of nitrogens with zero attached hydrogens (tertiary/aromatic N) is 2. The van der Waals surface area contributed by atoms with E-state index >= 15 is 0 Å². The molecule has 20 heavy (non-hydrogen) atoms. The molecule has 0 radical (unpaired) electrons. The van der Waals surface area contributed by atoms with Gasteiger partial charge in [0.25, 0.3) is 0 Å². The summed E-state index contributed by atoms with van der Waals surface area (Å²) in [6.07, 6.45) is 6.36. The third-order valence-electron chi connectivity index (χ3n) is 4.31. The molecule has 3 nitrogen and oxygen atoms in total. The number of aromatic nitrogens is 1. The predicted octanol–water partition coefficient (Wildman–Crippen LogP) is 3.07. The summed E-state index contributed by atoms with van der Waals surface area (Å²) in [5.74, 6) is 0. The van der Waals surface area contributed by atoms with Gasteiger partial charge in [-0.3, -0.25) is 9.88 Å². The molecule has 1 saturated heterocycles. The quantitative estimate of drug-likeness (QED) is 0.915. The van der Waals surface area contributed by atoms with Crippen molar-refractivity contribution in [2.24, 2.45) is 5.41 Å². The van der Waals surface area contributed by atoms with Crippen molar-refractivity contribution in [2.45, 2.75) is 59.2 Å². The van der Waals surface area contributed by atoms with E-state index in [0.29, 0.717) is 17.5 Å². The highest BCUT2D eigenvalue weighted by Crippen LogP contribution is 2.25. The van der Waals surface area contributed by atoms with Gasteiger partial charge in [-0.1, -0.05) is 40.2 Å². The van der Waals surface area contributed by atoms with Crippen LogP contribution in [0.25, 0.3) is 0 Å². The van der Waals surface area contributed by atoms with Crippen LogP contribution in [-0.2, 0) is 6.54 Å². The summed E-state index contributed by atoms with van der Waals surface area (Å²) >= 11 is 0. The van der Waals surface area contributed by atoms with E-state index < -0.39 is 0 Å². The number of rotatable bonds is 4.